The van der Waals surface area contributed by atoms with Crippen molar-refractivity contribution in [2.75, 3.05) is 12.3 Å². The molecule has 0 spiro atoms. The Morgan fingerprint density at radius 1 is 1.07 bits per heavy atom. The lowest BCUT2D eigenvalue weighted by Crippen LogP contribution is -2.36. The van der Waals surface area contributed by atoms with Crippen molar-refractivity contribution in [1.82, 2.24) is 18.7 Å². The van der Waals surface area contributed by atoms with Crippen LogP contribution >= 0.6 is 12.4 Å². The van der Waals surface area contributed by atoms with Gasteiger partial charge in [-0.2, -0.15) is 13.2 Å². The average Bonchev–Trinajstić information content (AvgIpc) is 2.98. The number of hydrogen-bond donors (Lipinski definition) is 1. The topological polar surface area (TPSA) is 103 Å². The highest BCUT2D eigenvalue weighted by molar-refractivity contribution is 7.89. The standard InChI is InChI=1S/C15H15F3N4O4S.ClH/c16-15(17,18)9-27(25,26)20-6-1-2-7-21-13(23)10-4-3-5-12-19-8-11(14(21)24)22(10)12;/h3-5,8,20H,1-2,6-7,9H2;1H. The Labute approximate surface area is 162 Å². The number of pyridine rings is 1. The minimum Gasteiger partial charge on any atom is -0.283 e. The minimum absolute atomic E-state index is 0. The first-order chi connectivity index (χ1) is 12.6. The first-order valence-electron chi connectivity index (χ1n) is 7.96. The molecule has 0 unspecified atom stereocenters. The maximum absolute atomic E-state index is 12.5. The molecule has 28 heavy (non-hydrogen) atoms. The Hall–Kier alpha value is -2.18. The molecule has 0 atom stereocenters. The van der Waals surface area contributed by atoms with E-state index in [0.29, 0.717) is 5.65 Å². The highest BCUT2D eigenvalue weighted by Crippen LogP contribution is 2.16. The quantitative estimate of drug-likeness (QED) is 0.555. The van der Waals surface area contributed by atoms with Gasteiger partial charge in [0.25, 0.3) is 11.1 Å². The van der Waals surface area contributed by atoms with Crippen molar-refractivity contribution in [3.63, 3.8) is 0 Å². The molecule has 13 heteroatoms. The van der Waals surface area contributed by atoms with Crippen LogP contribution < -0.4 is 15.8 Å². The number of nitrogens with one attached hydrogen (secondary N) is 1. The van der Waals surface area contributed by atoms with Crippen molar-refractivity contribution in [1.29, 1.82) is 0 Å². The first kappa shape index (κ1) is 22.1. The molecule has 0 fully saturated rings. The van der Waals surface area contributed by atoms with Gasteiger partial charge in [-0.25, -0.2) is 18.1 Å². The molecule has 154 valence electrons. The summed E-state index contributed by atoms with van der Waals surface area (Å²) in [7, 11) is -4.46. The molecule has 0 bridgehead atoms. The molecular formula is C15H16ClF3N4O4S. The van der Waals surface area contributed by atoms with E-state index in [1.165, 1.54) is 10.6 Å². The number of nitrogens with zero attached hydrogens (tertiary/aromatic N) is 3. The van der Waals surface area contributed by atoms with Crippen LogP contribution in [0.3, 0.4) is 0 Å². The van der Waals surface area contributed by atoms with Crippen LogP contribution in [0.25, 0.3) is 16.7 Å². The number of halogens is 4. The lowest BCUT2D eigenvalue weighted by Gasteiger charge is -2.10. The third-order valence-electron chi connectivity index (χ3n) is 3.94. The second kappa shape index (κ2) is 8.05. The molecule has 1 N–H and O–H groups in total. The number of sulfonamides is 1. The van der Waals surface area contributed by atoms with Crippen molar-refractivity contribution in [2.45, 2.75) is 25.6 Å². The number of imidazole rings is 1. The summed E-state index contributed by atoms with van der Waals surface area (Å²) in [5.41, 5.74) is -0.0305. The molecule has 0 saturated heterocycles. The summed E-state index contributed by atoms with van der Waals surface area (Å²) in [6.07, 6.45) is -3.05. The van der Waals surface area contributed by atoms with E-state index in [1.54, 1.807) is 18.2 Å². The van der Waals surface area contributed by atoms with Crippen molar-refractivity contribution < 1.29 is 21.6 Å². The molecular weight excluding hydrogens is 425 g/mol. The molecule has 0 aliphatic carbocycles. The second-order valence-corrected chi connectivity index (χ2v) is 7.79. The summed E-state index contributed by atoms with van der Waals surface area (Å²) in [5.74, 6) is -1.95. The number of rotatable bonds is 7. The SMILES string of the molecule is Cl.O=c1c2cccc3ncc(c(=O)n1CCCCNS(=O)(=O)CC(F)(F)F)n32. The molecule has 0 saturated carbocycles. The highest BCUT2D eigenvalue weighted by atomic mass is 35.5. The predicted molar refractivity (Wildman–Crippen MR) is 98.7 cm³/mol. The van der Waals surface area contributed by atoms with E-state index >= 15 is 0 Å². The molecule has 0 aromatic carbocycles. The van der Waals surface area contributed by atoms with Gasteiger partial charge in [0.1, 0.15) is 16.7 Å². The van der Waals surface area contributed by atoms with Gasteiger partial charge in [-0.1, -0.05) is 6.07 Å². The molecule has 0 radical (unpaired) electrons. The summed E-state index contributed by atoms with van der Waals surface area (Å²) < 4.78 is 63.3. The molecule has 3 heterocycles. The van der Waals surface area contributed by atoms with Gasteiger partial charge < -0.3 is 0 Å². The first-order valence-corrected chi connectivity index (χ1v) is 9.61. The van der Waals surface area contributed by atoms with E-state index < -0.39 is 33.1 Å². The van der Waals surface area contributed by atoms with Gasteiger partial charge >= 0.3 is 6.18 Å². The summed E-state index contributed by atoms with van der Waals surface area (Å²) in [4.78, 5) is 29.0. The van der Waals surface area contributed by atoms with E-state index in [0.717, 1.165) is 4.57 Å². The van der Waals surface area contributed by atoms with Crippen LogP contribution in [0.4, 0.5) is 13.2 Å². The zero-order valence-electron chi connectivity index (χ0n) is 14.3. The summed E-state index contributed by atoms with van der Waals surface area (Å²) >= 11 is 0. The van der Waals surface area contributed by atoms with Crippen molar-refractivity contribution in [2.24, 2.45) is 0 Å². The molecule has 0 aliphatic rings. The summed E-state index contributed by atoms with van der Waals surface area (Å²) in [6.45, 7) is -0.206. The molecule has 3 aromatic heterocycles. The summed E-state index contributed by atoms with van der Waals surface area (Å²) in [6, 6.07) is 4.87. The Morgan fingerprint density at radius 2 is 1.75 bits per heavy atom. The molecule has 0 aliphatic heterocycles. The maximum atomic E-state index is 12.5. The third kappa shape index (κ3) is 4.62. The van der Waals surface area contributed by atoms with Gasteiger partial charge in [0, 0.05) is 13.1 Å². The van der Waals surface area contributed by atoms with Crippen LogP contribution in [0, 0.1) is 0 Å². The molecule has 0 amide bonds. The van der Waals surface area contributed by atoms with E-state index in [9.17, 15) is 31.2 Å². The van der Waals surface area contributed by atoms with Crippen molar-refractivity contribution in [3.05, 3.63) is 45.1 Å². The fourth-order valence-electron chi connectivity index (χ4n) is 2.82. The van der Waals surface area contributed by atoms with Gasteiger partial charge in [0.05, 0.1) is 6.20 Å². The van der Waals surface area contributed by atoms with E-state index in [4.69, 9.17) is 0 Å². The lowest BCUT2D eigenvalue weighted by atomic mass is 10.3. The van der Waals surface area contributed by atoms with Gasteiger partial charge in [-0.05, 0) is 25.0 Å². The van der Waals surface area contributed by atoms with Crippen molar-refractivity contribution in [3.8, 4) is 0 Å². The predicted octanol–water partition coefficient (Wildman–Crippen LogP) is 1.13. The van der Waals surface area contributed by atoms with E-state index in [-0.39, 0.29) is 49.4 Å². The van der Waals surface area contributed by atoms with Crippen molar-refractivity contribution >= 4 is 39.1 Å². The lowest BCUT2D eigenvalue weighted by molar-refractivity contribution is -0.106. The van der Waals surface area contributed by atoms with Gasteiger partial charge in [-0.3, -0.25) is 18.6 Å². The smallest absolute Gasteiger partial charge is 0.283 e. The molecule has 3 rings (SSSR count). The minimum atomic E-state index is -4.82. The van der Waals surface area contributed by atoms with Crippen LogP contribution in [0.15, 0.2) is 34.0 Å². The fraction of sp³-hybridized carbons (Fsp3) is 0.400. The Kier molecular flexibility index (Phi) is 6.36. The Bertz CT molecular complexity index is 1190. The highest BCUT2D eigenvalue weighted by Gasteiger charge is 2.34. The number of aromatic nitrogens is 3. The van der Waals surface area contributed by atoms with Gasteiger partial charge in [-0.15, -0.1) is 12.4 Å². The Balaban J connectivity index is 0.00000280. The van der Waals surface area contributed by atoms with Crippen LogP contribution in [0.2, 0.25) is 0 Å². The second-order valence-electron chi connectivity index (χ2n) is 5.99. The monoisotopic (exact) mass is 440 g/mol. The van der Waals surface area contributed by atoms with Gasteiger partial charge in [0.2, 0.25) is 10.0 Å². The average molecular weight is 441 g/mol. The third-order valence-corrected chi connectivity index (χ3v) is 5.29. The van der Waals surface area contributed by atoms with Crippen LogP contribution in [-0.4, -0.2) is 40.8 Å². The van der Waals surface area contributed by atoms with E-state index in [2.05, 4.69) is 4.98 Å². The number of alkyl halides is 3. The number of hydrogen-bond acceptors (Lipinski definition) is 5. The van der Waals surface area contributed by atoms with Gasteiger partial charge in [0.15, 0.2) is 5.75 Å². The zero-order valence-corrected chi connectivity index (χ0v) is 15.9. The van der Waals surface area contributed by atoms with E-state index in [1.807, 2.05) is 4.72 Å². The van der Waals surface area contributed by atoms with Crippen LogP contribution in [0.1, 0.15) is 12.8 Å². The normalized spacial score (nSPS) is 12.5. The molecule has 8 nitrogen and oxygen atoms in total. The van der Waals surface area contributed by atoms with Crippen LogP contribution in [0.5, 0.6) is 0 Å². The fourth-order valence-corrected chi connectivity index (χ4v) is 3.80. The number of unbranched alkanes of at least 4 members (excludes halogenated alkanes) is 1. The summed E-state index contributed by atoms with van der Waals surface area (Å²) in [5, 5.41) is 0. The largest absolute Gasteiger partial charge is 0.404 e. The van der Waals surface area contributed by atoms with Crippen LogP contribution in [-0.2, 0) is 16.6 Å². The zero-order chi connectivity index (χ0) is 19.8. The maximum Gasteiger partial charge on any atom is 0.404 e. The molecule has 3 aromatic rings. The Morgan fingerprint density at radius 3 is 2.43 bits per heavy atom.